The van der Waals surface area contributed by atoms with Crippen LogP contribution in [0.1, 0.15) is 18.1 Å². The van der Waals surface area contributed by atoms with E-state index in [9.17, 15) is 0 Å². The zero-order valence-electron chi connectivity index (χ0n) is 17.5. The first kappa shape index (κ1) is 21.9. The second kappa shape index (κ2) is 10.3. The quantitative estimate of drug-likeness (QED) is 0.348. The van der Waals surface area contributed by atoms with E-state index in [-0.39, 0.29) is 0 Å². The number of aryl methyl sites for hydroxylation is 1. The van der Waals surface area contributed by atoms with Crippen molar-refractivity contribution in [3.8, 4) is 5.75 Å². The van der Waals surface area contributed by atoms with Crippen LogP contribution in [0.3, 0.4) is 0 Å². The van der Waals surface area contributed by atoms with Gasteiger partial charge in [-0.15, -0.1) is 0 Å². The van der Waals surface area contributed by atoms with Gasteiger partial charge in [0.05, 0.1) is 24.6 Å². The number of nitrogens with one attached hydrogen (secondary N) is 2. The fourth-order valence-corrected chi connectivity index (χ4v) is 3.47. The molecule has 0 spiro atoms. The topological polar surface area (TPSA) is 68.9 Å². The molecule has 0 atom stereocenters. The molecule has 2 N–H and O–H groups in total. The molecule has 9 heteroatoms. The molecule has 0 unspecified atom stereocenters. The maximum Gasteiger partial charge on any atom is 0.180 e. The molecule has 2 aromatic heterocycles. The second-order valence-electron chi connectivity index (χ2n) is 7.11. The van der Waals surface area contributed by atoms with Crippen LogP contribution in [0.25, 0.3) is 0 Å². The lowest BCUT2D eigenvalue weighted by molar-refractivity contribution is 0.221. The number of benzene rings is 2. The smallest absolute Gasteiger partial charge is 0.180 e. The summed E-state index contributed by atoms with van der Waals surface area (Å²) in [5, 5.41) is 16.1. The largest absolute Gasteiger partial charge is 0.471 e. The van der Waals surface area contributed by atoms with Crippen LogP contribution in [0.4, 0.5) is 11.5 Å². The highest BCUT2D eigenvalue weighted by Crippen LogP contribution is 2.17. The summed E-state index contributed by atoms with van der Waals surface area (Å²) in [6.45, 7) is 3.01. The SMILES string of the molecule is CCc1ccc(OCn2cc(NC(=S)Nc3ccn(Cc4ccccc4Cl)n3)cn2)cc1. The van der Waals surface area contributed by atoms with Crippen LogP contribution in [0.2, 0.25) is 5.02 Å². The summed E-state index contributed by atoms with van der Waals surface area (Å²) in [6.07, 6.45) is 6.39. The lowest BCUT2D eigenvalue weighted by Gasteiger charge is -2.08. The summed E-state index contributed by atoms with van der Waals surface area (Å²) in [7, 11) is 0. The van der Waals surface area contributed by atoms with Crippen LogP contribution < -0.4 is 15.4 Å². The number of aromatic nitrogens is 4. The minimum atomic E-state index is 0.305. The normalized spacial score (nSPS) is 10.7. The molecule has 0 aliphatic carbocycles. The second-order valence-corrected chi connectivity index (χ2v) is 7.92. The molecule has 4 rings (SSSR count). The molecule has 2 heterocycles. The minimum absolute atomic E-state index is 0.305. The van der Waals surface area contributed by atoms with E-state index in [1.807, 2.05) is 54.9 Å². The summed E-state index contributed by atoms with van der Waals surface area (Å²) >= 11 is 11.6. The predicted molar refractivity (Wildman–Crippen MR) is 131 cm³/mol. The van der Waals surface area contributed by atoms with Gasteiger partial charge in [-0.3, -0.25) is 4.68 Å². The summed E-state index contributed by atoms with van der Waals surface area (Å²) in [5.41, 5.74) is 3.03. The number of nitrogens with zero attached hydrogens (tertiary/aromatic N) is 4. The fourth-order valence-electron chi connectivity index (χ4n) is 3.06. The van der Waals surface area contributed by atoms with E-state index in [0.717, 1.165) is 23.4 Å². The molecule has 2 aromatic carbocycles. The zero-order chi connectivity index (χ0) is 22.3. The Morgan fingerprint density at radius 1 is 1.06 bits per heavy atom. The van der Waals surface area contributed by atoms with E-state index in [4.69, 9.17) is 28.6 Å². The van der Waals surface area contributed by atoms with Crippen LogP contribution >= 0.6 is 23.8 Å². The predicted octanol–water partition coefficient (Wildman–Crippen LogP) is 5.19. The van der Waals surface area contributed by atoms with Gasteiger partial charge in [0.2, 0.25) is 0 Å². The molecule has 0 saturated carbocycles. The Balaban J connectivity index is 1.27. The van der Waals surface area contributed by atoms with Gasteiger partial charge in [0.25, 0.3) is 0 Å². The Kier molecular flexibility index (Phi) is 7.03. The molecule has 0 aliphatic heterocycles. The standard InChI is InChI=1S/C23H23ClN6OS/c1-2-17-7-9-20(10-8-17)31-16-30-15-19(13-25-30)26-23(32)27-22-11-12-29(28-22)14-18-5-3-4-6-21(18)24/h3-13,15H,2,14,16H2,1H3,(H2,26,27,28,32). The molecular weight excluding hydrogens is 444 g/mol. The van der Waals surface area contributed by atoms with Crippen molar-refractivity contribution >= 4 is 40.4 Å². The van der Waals surface area contributed by atoms with Crippen LogP contribution in [0.5, 0.6) is 5.75 Å². The third-order valence-corrected chi connectivity index (χ3v) is 5.33. The van der Waals surface area contributed by atoms with Crippen LogP contribution in [0, 0.1) is 0 Å². The highest BCUT2D eigenvalue weighted by Gasteiger charge is 2.06. The van der Waals surface area contributed by atoms with Crippen molar-refractivity contribution < 1.29 is 4.74 Å². The Morgan fingerprint density at radius 3 is 2.66 bits per heavy atom. The van der Waals surface area contributed by atoms with Crippen LogP contribution in [-0.4, -0.2) is 24.7 Å². The number of thiocarbonyl (C=S) groups is 1. The van der Waals surface area contributed by atoms with Gasteiger partial charge in [-0.2, -0.15) is 10.2 Å². The van der Waals surface area contributed by atoms with Crippen molar-refractivity contribution in [1.29, 1.82) is 0 Å². The van der Waals surface area contributed by atoms with Gasteiger partial charge in [-0.05, 0) is 48.0 Å². The lowest BCUT2D eigenvalue weighted by atomic mass is 10.2. The van der Waals surface area contributed by atoms with E-state index in [1.54, 1.807) is 15.6 Å². The van der Waals surface area contributed by atoms with Crippen molar-refractivity contribution in [1.82, 2.24) is 19.6 Å². The van der Waals surface area contributed by atoms with Crippen LogP contribution in [-0.2, 0) is 19.7 Å². The lowest BCUT2D eigenvalue weighted by Crippen LogP contribution is -2.19. The van der Waals surface area contributed by atoms with Gasteiger partial charge in [0, 0.05) is 17.3 Å². The van der Waals surface area contributed by atoms with Crippen molar-refractivity contribution in [2.24, 2.45) is 0 Å². The maximum absolute atomic E-state index is 6.22. The molecule has 0 amide bonds. The minimum Gasteiger partial charge on any atom is -0.471 e. The molecule has 0 radical (unpaired) electrons. The summed E-state index contributed by atoms with van der Waals surface area (Å²) in [6, 6.07) is 17.6. The van der Waals surface area contributed by atoms with Gasteiger partial charge < -0.3 is 15.4 Å². The average Bonchev–Trinajstić information content (AvgIpc) is 3.43. The number of hydrogen-bond donors (Lipinski definition) is 2. The van der Waals surface area contributed by atoms with E-state index in [1.165, 1.54) is 5.56 Å². The van der Waals surface area contributed by atoms with Crippen molar-refractivity contribution in [3.63, 3.8) is 0 Å². The van der Waals surface area contributed by atoms with Gasteiger partial charge in [0.15, 0.2) is 17.7 Å². The summed E-state index contributed by atoms with van der Waals surface area (Å²) < 4.78 is 9.26. The fraction of sp³-hybridized carbons (Fsp3) is 0.174. The van der Waals surface area contributed by atoms with E-state index in [0.29, 0.717) is 29.2 Å². The maximum atomic E-state index is 6.22. The molecule has 164 valence electrons. The summed E-state index contributed by atoms with van der Waals surface area (Å²) in [4.78, 5) is 0. The number of rotatable bonds is 8. The van der Waals surface area contributed by atoms with Crippen molar-refractivity contribution in [2.45, 2.75) is 26.6 Å². The Hall–Kier alpha value is -3.36. The van der Waals surface area contributed by atoms with Gasteiger partial charge in [-0.25, -0.2) is 4.68 Å². The average molecular weight is 467 g/mol. The van der Waals surface area contributed by atoms with Crippen molar-refractivity contribution in [3.05, 3.63) is 89.3 Å². The van der Waals surface area contributed by atoms with Crippen LogP contribution in [0.15, 0.2) is 73.2 Å². The molecule has 4 aromatic rings. The monoisotopic (exact) mass is 466 g/mol. The first-order valence-electron chi connectivity index (χ1n) is 10.2. The highest BCUT2D eigenvalue weighted by atomic mass is 35.5. The molecular formula is C23H23ClN6OS. The van der Waals surface area contributed by atoms with E-state index in [2.05, 4.69) is 39.9 Å². The molecule has 0 saturated heterocycles. The molecule has 0 aliphatic rings. The molecule has 7 nitrogen and oxygen atoms in total. The molecule has 0 fully saturated rings. The van der Waals surface area contributed by atoms with Gasteiger partial charge in [-0.1, -0.05) is 48.9 Å². The number of anilines is 2. The van der Waals surface area contributed by atoms with E-state index >= 15 is 0 Å². The molecule has 32 heavy (non-hydrogen) atoms. The zero-order valence-corrected chi connectivity index (χ0v) is 19.1. The first-order valence-corrected chi connectivity index (χ1v) is 11.0. The van der Waals surface area contributed by atoms with Crippen molar-refractivity contribution in [2.75, 3.05) is 10.6 Å². The Bertz CT molecular complexity index is 1190. The number of halogens is 1. The number of hydrogen-bond acceptors (Lipinski definition) is 4. The first-order chi connectivity index (χ1) is 15.6. The van der Waals surface area contributed by atoms with E-state index < -0.39 is 0 Å². The third kappa shape index (κ3) is 5.87. The molecule has 0 bridgehead atoms. The Morgan fingerprint density at radius 2 is 1.88 bits per heavy atom. The third-order valence-electron chi connectivity index (χ3n) is 4.76. The highest BCUT2D eigenvalue weighted by molar-refractivity contribution is 7.80. The summed E-state index contributed by atoms with van der Waals surface area (Å²) in [5.74, 6) is 1.44. The number of ether oxygens (including phenoxy) is 1. The van der Waals surface area contributed by atoms with Gasteiger partial charge in [0.1, 0.15) is 5.75 Å². The van der Waals surface area contributed by atoms with Gasteiger partial charge >= 0.3 is 0 Å². The Labute approximate surface area is 197 Å².